The lowest BCUT2D eigenvalue weighted by Gasteiger charge is -2.08. The summed E-state index contributed by atoms with van der Waals surface area (Å²) in [6, 6.07) is 46.4. The molecule has 0 bridgehead atoms. The van der Waals surface area contributed by atoms with E-state index in [2.05, 4.69) is 132 Å². The van der Waals surface area contributed by atoms with Crippen LogP contribution in [0.25, 0.3) is 91.1 Å². The smallest absolute Gasteiger partial charge is 0.136 e. The average Bonchev–Trinajstić information content (AvgIpc) is 3.67. The van der Waals surface area contributed by atoms with Gasteiger partial charge in [-0.15, -0.1) is 11.3 Å². The number of hydrogen-bond acceptors (Lipinski definition) is 2. The summed E-state index contributed by atoms with van der Waals surface area (Å²) in [5, 5.41) is 12.5. The van der Waals surface area contributed by atoms with Gasteiger partial charge in [0.05, 0.1) is 11.0 Å². The van der Waals surface area contributed by atoms with Crippen molar-refractivity contribution in [3.8, 4) is 5.69 Å². The largest absolute Gasteiger partial charge is 0.456 e. The topological polar surface area (TPSA) is 18.1 Å². The van der Waals surface area contributed by atoms with Gasteiger partial charge >= 0.3 is 0 Å². The molecule has 7 aromatic carbocycles. The van der Waals surface area contributed by atoms with Gasteiger partial charge in [0.2, 0.25) is 0 Å². The van der Waals surface area contributed by atoms with Gasteiger partial charge in [0.15, 0.2) is 0 Å². The highest BCUT2D eigenvalue weighted by Gasteiger charge is 2.19. The molecule has 3 aromatic heterocycles. The molecule has 3 heteroatoms. The zero-order chi connectivity index (χ0) is 26.7. The monoisotopic (exact) mass is 539 g/mol. The second kappa shape index (κ2) is 7.75. The highest BCUT2D eigenvalue weighted by molar-refractivity contribution is 7.25. The Morgan fingerprint density at radius 2 is 1.12 bits per heavy atom. The van der Waals surface area contributed by atoms with Crippen LogP contribution in [0.1, 0.15) is 0 Å². The number of aromatic nitrogens is 1. The summed E-state index contributed by atoms with van der Waals surface area (Å²) >= 11 is 1.87. The van der Waals surface area contributed by atoms with Gasteiger partial charge in [0.25, 0.3) is 0 Å². The molecule has 190 valence electrons. The summed E-state index contributed by atoms with van der Waals surface area (Å²) in [4.78, 5) is 0. The Labute approximate surface area is 238 Å². The quantitative estimate of drug-likeness (QED) is 0.203. The average molecular weight is 540 g/mol. The normalized spacial score (nSPS) is 12.4. The molecule has 0 saturated carbocycles. The van der Waals surface area contributed by atoms with Crippen molar-refractivity contribution in [2.24, 2.45) is 0 Å². The lowest BCUT2D eigenvalue weighted by Crippen LogP contribution is -1.93. The van der Waals surface area contributed by atoms with Crippen molar-refractivity contribution in [1.82, 2.24) is 4.57 Å². The Bertz CT molecular complexity index is 2700. The van der Waals surface area contributed by atoms with Gasteiger partial charge in [-0.2, -0.15) is 0 Å². The minimum absolute atomic E-state index is 0.928. The van der Waals surface area contributed by atoms with Gasteiger partial charge in [0.1, 0.15) is 11.2 Å². The molecule has 0 N–H and O–H groups in total. The first-order valence-corrected chi connectivity index (χ1v) is 14.7. The van der Waals surface area contributed by atoms with E-state index in [1.54, 1.807) is 0 Å². The Morgan fingerprint density at radius 3 is 1.95 bits per heavy atom. The lowest BCUT2D eigenvalue weighted by molar-refractivity contribution is 0.670. The first-order chi connectivity index (χ1) is 20.3. The van der Waals surface area contributed by atoms with Crippen molar-refractivity contribution in [2.75, 3.05) is 0 Å². The van der Waals surface area contributed by atoms with Crippen molar-refractivity contribution < 1.29 is 4.42 Å². The third-order valence-corrected chi connectivity index (χ3v) is 9.85. The number of thiophene rings is 1. The van der Waals surface area contributed by atoms with E-state index in [0.717, 1.165) is 11.2 Å². The molecule has 0 fully saturated rings. The molecule has 10 aromatic rings. The molecule has 0 aliphatic heterocycles. The summed E-state index contributed by atoms with van der Waals surface area (Å²) in [5.41, 5.74) is 5.43. The molecule has 0 aliphatic rings. The van der Waals surface area contributed by atoms with Crippen molar-refractivity contribution >= 4 is 96.8 Å². The van der Waals surface area contributed by atoms with Crippen molar-refractivity contribution in [2.45, 2.75) is 0 Å². The maximum absolute atomic E-state index is 6.46. The zero-order valence-electron chi connectivity index (χ0n) is 21.9. The number of rotatable bonds is 1. The SMILES string of the molecule is c1ccc2cc3c(cc2c1)oc1ccc2c(c4ccccc4n2-c2ccc4sc5cc6ccccc6cc5c4c2)c13. The van der Waals surface area contributed by atoms with Gasteiger partial charge in [-0.25, -0.2) is 0 Å². The number of hydrogen-bond donors (Lipinski definition) is 0. The Morgan fingerprint density at radius 1 is 0.439 bits per heavy atom. The molecular weight excluding hydrogens is 518 g/mol. The molecule has 0 unspecified atom stereocenters. The van der Waals surface area contributed by atoms with Gasteiger partial charge < -0.3 is 8.98 Å². The third-order valence-electron chi connectivity index (χ3n) is 8.72. The van der Waals surface area contributed by atoms with E-state index in [4.69, 9.17) is 4.42 Å². The van der Waals surface area contributed by atoms with Crippen molar-refractivity contribution in [3.05, 3.63) is 127 Å². The van der Waals surface area contributed by atoms with Gasteiger partial charge in [-0.1, -0.05) is 66.7 Å². The molecule has 41 heavy (non-hydrogen) atoms. The highest BCUT2D eigenvalue weighted by atomic mass is 32.1. The van der Waals surface area contributed by atoms with E-state index in [0.29, 0.717) is 0 Å². The second-order valence-corrected chi connectivity index (χ2v) is 12.0. The molecule has 0 amide bonds. The summed E-state index contributed by atoms with van der Waals surface area (Å²) in [6.45, 7) is 0. The fourth-order valence-corrected chi connectivity index (χ4v) is 8.00. The van der Waals surface area contributed by atoms with Crippen LogP contribution in [0.3, 0.4) is 0 Å². The molecule has 10 rings (SSSR count). The summed E-state index contributed by atoms with van der Waals surface area (Å²) in [6.07, 6.45) is 0. The number of nitrogens with zero attached hydrogens (tertiary/aromatic N) is 1. The molecule has 3 heterocycles. The van der Waals surface area contributed by atoms with Crippen LogP contribution in [0.2, 0.25) is 0 Å². The van der Waals surface area contributed by atoms with Crippen LogP contribution in [0.5, 0.6) is 0 Å². The van der Waals surface area contributed by atoms with Crippen LogP contribution in [-0.4, -0.2) is 4.57 Å². The first-order valence-electron chi connectivity index (χ1n) is 13.9. The molecule has 0 atom stereocenters. The predicted octanol–water partition coefficient (Wildman–Crippen LogP) is 11.4. The lowest BCUT2D eigenvalue weighted by atomic mass is 10.0. The van der Waals surface area contributed by atoms with E-state index in [-0.39, 0.29) is 0 Å². The van der Waals surface area contributed by atoms with Gasteiger partial charge in [0, 0.05) is 47.4 Å². The fourth-order valence-electron chi connectivity index (χ4n) is 6.88. The summed E-state index contributed by atoms with van der Waals surface area (Å²) < 4.78 is 11.5. The van der Waals surface area contributed by atoms with Crippen molar-refractivity contribution in [3.63, 3.8) is 0 Å². The minimum Gasteiger partial charge on any atom is -0.456 e. The Balaban J connectivity index is 1.32. The van der Waals surface area contributed by atoms with Crippen LogP contribution >= 0.6 is 11.3 Å². The highest BCUT2D eigenvalue weighted by Crippen LogP contribution is 2.43. The molecule has 0 saturated heterocycles. The molecule has 0 radical (unpaired) electrons. The van der Waals surface area contributed by atoms with E-state index < -0.39 is 0 Å². The number of fused-ring (bicyclic) bond motifs is 12. The van der Waals surface area contributed by atoms with Gasteiger partial charge in [-0.3, -0.25) is 0 Å². The fraction of sp³-hybridized carbons (Fsp3) is 0. The van der Waals surface area contributed by atoms with Crippen LogP contribution in [0.15, 0.2) is 132 Å². The predicted molar refractivity (Wildman–Crippen MR) is 176 cm³/mol. The minimum atomic E-state index is 0.928. The molecular formula is C38H21NOS. The molecule has 0 aliphatic carbocycles. The Hall–Kier alpha value is -5.12. The van der Waals surface area contributed by atoms with Gasteiger partial charge in [-0.05, 0) is 82.2 Å². The summed E-state index contributed by atoms with van der Waals surface area (Å²) in [5.74, 6) is 0. The standard InChI is InChI=1S/C38H21NOS/c1-3-9-24-19-34-30(18-23(24)8-1)38-33(40-34)15-14-32-37(38)27-11-5-6-12-31(27)39(32)26-13-16-35-29(21-26)28-17-22-7-2-4-10-25(22)20-36(28)41-35/h1-21H. The summed E-state index contributed by atoms with van der Waals surface area (Å²) in [7, 11) is 0. The van der Waals surface area contributed by atoms with E-state index in [9.17, 15) is 0 Å². The van der Waals surface area contributed by atoms with Crippen LogP contribution in [0, 0.1) is 0 Å². The van der Waals surface area contributed by atoms with E-state index in [1.165, 1.54) is 80.0 Å². The third kappa shape index (κ3) is 2.91. The second-order valence-electron chi connectivity index (χ2n) is 11.0. The van der Waals surface area contributed by atoms with Crippen LogP contribution in [0.4, 0.5) is 0 Å². The van der Waals surface area contributed by atoms with Crippen LogP contribution < -0.4 is 0 Å². The van der Waals surface area contributed by atoms with Crippen LogP contribution in [-0.2, 0) is 0 Å². The maximum Gasteiger partial charge on any atom is 0.136 e. The number of furan rings is 1. The van der Waals surface area contributed by atoms with Crippen molar-refractivity contribution in [1.29, 1.82) is 0 Å². The Kier molecular flexibility index (Phi) is 4.10. The number of benzene rings is 7. The number of para-hydroxylation sites is 1. The molecule has 2 nitrogen and oxygen atoms in total. The molecule has 0 spiro atoms. The zero-order valence-corrected chi connectivity index (χ0v) is 22.7. The van der Waals surface area contributed by atoms with E-state index >= 15 is 0 Å². The first kappa shape index (κ1) is 21.7. The van der Waals surface area contributed by atoms with E-state index in [1.807, 2.05) is 11.3 Å². The maximum atomic E-state index is 6.46.